The number of nitrogens with zero attached hydrogens (tertiary/aromatic N) is 2. The largest absolute Gasteiger partial charge is 0.313 e. The molecule has 0 spiro atoms. The molecule has 0 aliphatic carbocycles. The monoisotopic (exact) mass is 269 g/mol. The molecule has 1 heterocycles. The molecule has 2 atom stereocenters. The van der Waals surface area contributed by atoms with Crippen LogP contribution in [-0.2, 0) is 0 Å². The van der Waals surface area contributed by atoms with Gasteiger partial charge >= 0.3 is 0 Å². The van der Waals surface area contributed by atoms with Crippen molar-refractivity contribution in [1.29, 1.82) is 0 Å². The molecular weight excluding hydrogens is 234 g/mol. The number of hydrogen-bond acceptors (Lipinski definition) is 3. The molecule has 1 aliphatic heterocycles. The molecule has 1 fully saturated rings. The van der Waals surface area contributed by atoms with Gasteiger partial charge in [0.2, 0.25) is 0 Å². The van der Waals surface area contributed by atoms with Crippen LogP contribution in [0.1, 0.15) is 52.4 Å². The Morgan fingerprint density at radius 3 is 2.58 bits per heavy atom. The smallest absolute Gasteiger partial charge is 0.0345 e. The molecule has 2 unspecified atom stereocenters. The zero-order chi connectivity index (χ0) is 14.1. The van der Waals surface area contributed by atoms with Gasteiger partial charge < -0.3 is 10.2 Å². The van der Waals surface area contributed by atoms with Crippen LogP contribution in [0, 0.1) is 0 Å². The third-order valence-electron chi connectivity index (χ3n) is 4.42. The van der Waals surface area contributed by atoms with Crippen LogP contribution in [0.5, 0.6) is 0 Å². The third-order valence-corrected chi connectivity index (χ3v) is 4.42. The Morgan fingerprint density at radius 1 is 1.11 bits per heavy atom. The highest BCUT2D eigenvalue weighted by atomic mass is 15.3. The molecule has 1 rings (SSSR count). The van der Waals surface area contributed by atoms with Crippen molar-refractivity contribution in [2.24, 2.45) is 0 Å². The zero-order valence-corrected chi connectivity index (χ0v) is 13.6. The van der Waals surface area contributed by atoms with Gasteiger partial charge in [-0.1, -0.05) is 39.0 Å². The van der Waals surface area contributed by atoms with E-state index < -0.39 is 0 Å². The van der Waals surface area contributed by atoms with Crippen molar-refractivity contribution in [2.45, 2.75) is 64.5 Å². The van der Waals surface area contributed by atoms with E-state index in [1.165, 1.54) is 58.2 Å². The predicted octanol–water partition coefficient (Wildman–Crippen LogP) is 2.57. The summed E-state index contributed by atoms with van der Waals surface area (Å²) in [6.45, 7) is 9.37. The molecule has 114 valence electrons. The highest BCUT2D eigenvalue weighted by Crippen LogP contribution is 2.08. The van der Waals surface area contributed by atoms with Crippen molar-refractivity contribution in [3.05, 3.63) is 0 Å². The molecule has 0 amide bonds. The molecule has 0 saturated carbocycles. The lowest BCUT2D eigenvalue weighted by Gasteiger charge is -2.38. The molecule has 3 heteroatoms. The van der Waals surface area contributed by atoms with Crippen LogP contribution in [0.4, 0.5) is 0 Å². The second kappa shape index (κ2) is 9.73. The normalized spacial score (nSPS) is 23.7. The quantitative estimate of drug-likeness (QED) is 0.649. The summed E-state index contributed by atoms with van der Waals surface area (Å²) in [5.74, 6) is 0. The van der Waals surface area contributed by atoms with Crippen molar-refractivity contribution >= 4 is 0 Å². The second-order valence-corrected chi connectivity index (χ2v) is 6.41. The minimum atomic E-state index is 0.669. The van der Waals surface area contributed by atoms with Gasteiger partial charge in [0.1, 0.15) is 0 Å². The first-order valence-corrected chi connectivity index (χ1v) is 8.25. The van der Waals surface area contributed by atoms with Crippen molar-refractivity contribution < 1.29 is 0 Å². The van der Waals surface area contributed by atoms with Crippen LogP contribution in [-0.4, -0.2) is 62.2 Å². The molecule has 1 aliphatic rings. The molecule has 0 aromatic rings. The summed E-state index contributed by atoms with van der Waals surface area (Å²) in [5.41, 5.74) is 0. The van der Waals surface area contributed by atoms with Crippen LogP contribution in [0.25, 0.3) is 0 Å². The molecule has 3 nitrogen and oxygen atoms in total. The Bertz CT molecular complexity index is 220. The molecule has 19 heavy (non-hydrogen) atoms. The molecular formula is C16H35N3. The van der Waals surface area contributed by atoms with Gasteiger partial charge in [-0.15, -0.1) is 0 Å². The lowest BCUT2D eigenvalue weighted by Crippen LogP contribution is -2.54. The van der Waals surface area contributed by atoms with Crippen molar-refractivity contribution in [1.82, 2.24) is 15.1 Å². The fourth-order valence-electron chi connectivity index (χ4n) is 2.82. The van der Waals surface area contributed by atoms with E-state index >= 15 is 0 Å². The van der Waals surface area contributed by atoms with Gasteiger partial charge in [-0.05, 0) is 27.4 Å². The fourth-order valence-corrected chi connectivity index (χ4v) is 2.82. The van der Waals surface area contributed by atoms with Crippen LogP contribution in [0.15, 0.2) is 0 Å². The average Bonchev–Trinajstić information content (AvgIpc) is 2.39. The Morgan fingerprint density at radius 2 is 1.84 bits per heavy atom. The lowest BCUT2D eigenvalue weighted by molar-refractivity contribution is 0.111. The molecule has 1 N–H and O–H groups in total. The topological polar surface area (TPSA) is 18.5 Å². The number of likely N-dealkylation sites (N-methyl/N-ethyl adjacent to an activating group) is 2. The SMILES string of the molecule is CCCCCCCC(C)NCC1CN(C)CCN1C. The molecule has 0 aromatic carbocycles. The summed E-state index contributed by atoms with van der Waals surface area (Å²) in [7, 11) is 4.49. The van der Waals surface area contributed by atoms with Gasteiger partial charge in [-0.2, -0.15) is 0 Å². The number of rotatable bonds is 9. The van der Waals surface area contributed by atoms with Crippen LogP contribution in [0.3, 0.4) is 0 Å². The van der Waals surface area contributed by atoms with E-state index in [0.29, 0.717) is 12.1 Å². The van der Waals surface area contributed by atoms with E-state index in [9.17, 15) is 0 Å². The first-order valence-electron chi connectivity index (χ1n) is 8.25. The number of nitrogens with one attached hydrogen (secondary N) is 1. The fraction of sp³-hybridized carbons (Fsp3) is 1.00. The van der Waals surface area contributed by atoms with E-state index in [2.05, 4.69) is 43.1 Å². The second-order valence-electron chi connectivity index (χ2n) is 6.41. The highest BCUT2D eigenvalue weighted by Gasteiger charge is 2.21. The van der Waals surface area contributed by atoms with Crippen LogP contribution < -0.4 is 5.32 Å². The van der Waals surface area contributed by atoms with Crippen molar-refractivity contribution in [3.63, 3.8) is 0 Å². The summed E-state index contributed by atoms with van der Waals surface area (Å²) in [6.07, 6.45) is 8.28. The lowest BCUT2D eigenvalue weighted by atomic mass is 10.1. The Balaban J connectivity index is 2.06. The predicted molar refractivity (Wildman–Crippen MR) is 84.8 cm³/mol. The highest BCUT2D eigenvalue weighted by molar-refractivity contribution is 4.81. The van der Waals surface area contributed by atoms with E-state index in [4.69, 9.17) is 0 Å². The Labute approximate surface area is 120 Å². The van der Waals surface area contributed by atoms with Gasteiger partial charge in [-0.25, -0.2) is 0 Å². The maximum Gasteiger partial charge on any atom is 0.0345 e. The summed E-state index contributed by atoms with van der Waals surface area (Å²) < 4.78 is 0. The number of hydrogen-bond donors (Lipinski definition) is 1. The summed E-state index contributed by atoms with van der Waals surface area (Å²) in [5, 5.41) is 3.73. The first-order chi connectivity index (χ1) is 9.13. The van der Waals surface area contributed by atoms with Gasteiger partial charge in [-0.3, -0.25) is 4.90 Å². The van der Waals surface area contributed by atoms with Gasteiger partial charge in [0, 0.05) is 38.3 Å². The standard InChI is InChI=1S/C16H35N3/c1-5-6-7-8-9-10-15(2)17-13-16-14-18(3)11-12-19(16)4/h15-17H,5-14H2,1-4H3. The number of piperazine rings is 1. The van der Waals surface area contributed by atoms with E-state index in [-0.39, 0.29) is 0 Å². The molecule has 0 bridgehead atoms. The van der Waals surface area contributed by atoms with Crippen molar-refractivity contribution in [2.75, 3.05) is 40.3 Å². The third kappa shape index (κ3) is 7.28. The minimum absolute atomic E-state index is 0.669. The van der Waals surface area contributed by atoms with E-state index in [1.807, 2.05) is 0 Å². The van der Waals surface area contributed by atoms with E-state index in [0.717, 1.165) is 6.54 Å². The van der Waals surface area contributed by atoms with Gasteiger partial charge in [0.05, 0.1) is 0 Å². The van der Waals surface area contributed by atoms with Gasteiger partial charge in [0.15, 0.2) is 0 Å². The maximum atomic E-state index is 3.73. The van der Waals surface area contributed by atoms with Crippen LogP contribution >= 0.6 is 0 Å². The van der Waals surface area contributed by atoms with Gasteiger partial charge in [0.25, 0.3) is 0 Å². The van der Waals surface area contributed by atoms with E-state index in [1.54, 1.807) is 0 Å². The first kappa shape index (κ1) is 16.9. The molecule has 1 saturated heterocycles. The Hall–Kier alpha value is -0.120. The number of unbranched alkanes of at least 4 members (excludes halogenated alkanes) is 4. The zero-order valence-electron chi connectivity index (χ0n) is 13.6. The van der Waals surface area contributed by atoms with Crippen molar-refractivity contribution in [3.8, 4) is 0 Å². The molecule has 0 aromatic heterocycles. The maximum absolute atomic E-state index is 3.73. The Kier molecular flexibility index (Phi) is 8.67. The summed E-state index contributed by atoms with van der Waals surface area (Å²) in [4.78, 5) is 4.95. The summed E-state index contributed by atoms with van der Waals surface area (Å²) >= 11 is 0. The summed E-state index contributed by atoms with van der Waals surface area (Å²) in [6, 6.07) is 1.35. The average molecular weight is 269 g/mol. The molecule has 0 radical (unpaired) electrons. The van der Waals surface area contributed by atoms with Crippen LogP contribution in [0.2, 0.25) is 0 Å². The minimum Gasteiger partial charge on any atom is -0.313 e.